The molecule has 0 bridgehead atoms. The Morgan fingerprint density at radius 3 is 2.41 bits per heavy atom. The van der Waals surface area contributed by atoms with Gasteiger partial charge in [0.05, 0.1) is 10.6 Å². The van der Waals surface area contributed by atoms with Crippen LogP contribution in [0.25, 0.3) is 0 Å². The fourth-order valence-corrected chi connectivity index (χ4v) is 3.05. The number of carbonyl (C=O) groups is 2. The van der Waals surface area contributed by atoms with Gasteiger partial charge in [0.2, 0.25) is 0 Å². The molecule has 0 aliphatic carbocycles. The van der Waals surface area contributed by atoms with Gasteiger partial charge in [0.15, 0.2) is 0 Å². The summed E-state index contributed by atoms with van der Waals surface area (Å²) in [5.41, 5.74) is 2.06. The predicted octanol–water partition coefficient (Wildman–Crippen LogP) is 4.31. The number of aryl methyl sites for hydroxylation is 1. The van der Waals surface area contributed by atoms with Gasteiger partial charge in [-0.05, 0) is 50.6 Å². The number of urea groups is 1. The smallest absolute Gasteiger partial charge is 0.321 e. The van der Waals surface area contributed by atoms with Crippen molar-refractivity contribution < 1.29 is 9.59 Å². The Morgan fingerprint density at radius 1 is 1.15 bits per heavy atom. The molecular formula is C20H27ClN4O2. The molecule has 1 N–H and O–H groups in total. The summed E-state index contributed by atoms with van der Waals surface area (Å²) in [7, 11) is 1.73. The molecule has 1 aromatic carbocycles. The van der Waals surface area contributed by atoms with Crippen LogP contribution in [0.15, 0.2) is 36.7 Å². The van der Waals surface area contributed by atoms with Crippen LogP contribution in [0.3, 0.4) is 0 Å². The maximum Gasteiger partial charge on any atom is 0.321 e. The van der Waals surface area contributed by atoms with Gasteiger partial charge in [0.1, 0.15) is 0 Å². The van der Waals surface area contributed by atoms with E-state index in [1.165, 1.54) is 0 Å². The Hall–Kier alpha value is -2.47. The van der Waals surface area contributed by atoms with Crippen molar-refractivity contribution in [2.75, 3.05) is 25.5 Å². The monoisotopic (exact) mass is 390 g/mol. The van der Waals surface area contributed by atoms with Crippen LogP contribution >= 0.6 is 11.6 Å². The van der Waals surface area contributed by atoms with E-state index in [0.717, 1.165) is 12.1 Å². The Kier molecular flexibility index (Phi) is 7.30. The van der Waals surface area contributed by atoms with E-state index >= 15 is 0 Å². The zero-order chi connectivity index (χ0) is 20.0. The van der Waals surface area contributed by atoms with Gasteiger partial charge in [0.25, 0.3) is 5.91 Å². The van der Waals surface area contributed by atoms with E-state index < -0.39 is 0 Å². The van der Waals surface area contributed by atoms with Crippen molar-refractivity contribution >= 4 is 29.2 Å². The van der Waals surface area contributed by atoms with E-state index in [4.69, 9.17) is 11.6 Å². The van der Waals surface area contributed by atoms with Gasteiger partial charge >= 0.3 is 6.03 Å². The molecule has 0 unspecified atom stereocenters. The average molecular weight is 391 g/mol. The van der Waals surface area contributed by atoms with Crippen LogP contribution < -0.4 is 5.32 Å². The summed E-state index contributed by atoms with van der Waals surface area (Å²) in [6.45, 7) is 8.56. The molecule has 27 heavy (non-hydrogen) atoms. The summed E-state index contributed by atoms with van der Waals surface area (Å²) in [6.07, 6.45) is 4.01. The van der Waals surface area contributed by atoms with E-state index in [9.17, 15) is 9.59 Å². The van der Waals surface area contributed by atoms with Crippen LogP contribution in [-0.2, 0) is 13.1 Å². The molecule has 1 heterocycles. The number of amides is 3. The zero-order valence-electron chi connectivity index (χ0n) is 16.3. The molecule has 2 aromatic rings. The van der Waals surface area contributed by atoms with Crippen molar-refractivity contribution in [1.82, 2.24) is 14.4 Å². The first-order valence-corrected chi connectivity index (χ1v) is 9.52. The molecular weight excluding hydrogens is 364 g/mol. The quantitative estimate of drug-likeness (QED) is 0.765. The third-order valence-electron chi connectivity index (χ3n) is 4.44. The highest BCUT2D eigenvalue weighted by atomic mass is 35.5. The Bertz CT molecular complexity index is 799. The largest absolute Gasteiger partial charge is 0.354 e. The highest BCUT2D eigenvalue weighted by Gasteiger charge is 2.17. The lowest BCUT2D eigenvalue weighted by Gasteiger charge is -2.20. The summed E-state index contributed by atoms with van der Waals surface area (Å²) in [5, 5.41) is 3.14. The number of nitrogens with zero attached hydrogens (tertiary/aromatic N) is 3. The molecule has 0 spiro atoms. The van der Waals surface area contributed by atoms with Crippen LogP contribution in [0.2, 0.25) is 5.02 Å². The average Bonchev–Trinajstić information content (AvgIpc) is 3.10. The molecule has 1 aromatic heterocycles. The van der Waals surface area contributed by atoms with Crippen LogP contribution in [0.5, 0.6) is 0 Å². The second-order valence-electron chi connectivity index (χ2n) is 6.31. The molecule has 0 atom stereocenters. The van der Waals surface area contributed by atoms with E-state index in [-0.39, 0.29) is 11.9 Å². The maximum atomic E-state index is 12.4. The van der Waals surface area contributed by atoms with E-state index in [1.54, 1.807) is 35.0 Å². The summed E-state index contributed by atoms with van der Waals surface area (Å²) >= 11 is 6.28. The fourth-order valence-electron chi connectivity index (χ4n) is 2.79. The summed E-state index contributed by atoms with van der Waals surface area (Å²) < 4.78 is 2.06. The van der Waals surface area contributed by atoms with Crippen molar-refractivity contribution in [3.63, 3.8) is 0 Å². The predicted molar refractivity (Wildman–Crippen MR) is 109 cm³/mol. The molecule has 0 aliphatic rings. The zero-order valence-corrected chi connectivity index (χ0v) is 17.1. The minimum Gasteiger partial charge on any atom is -0.354 e. The summed E-state index contributed by atoms with van der Waals surface area (Å²) in [6, 6.07) is 6.72. The molecule has 0 aliphatic heterocycles. The van der Waals surface area contributed by atoms with Crippen LogP contribution in [0.1, 0.15) is 36.7 Å². The number of hydrogen-bond acceptors (Lipinski definition) is 2. The lowest BCUT2D eigenvalue weighted by Crippen LogP contribution is -2.31. The Labute approximate surface area is 165 Å². The summed E-state index contributed by atoms with van der Waals surface area (Å²) in [5.74, 6) is -0.111. The fraction of sp³-hybridized carbons (Fsp3) is 0.400. The van der Waals surface area contributed by atoms with Gasteiger partial charge in [-0.1, -0.05) is 11.6 Å². The van der Waals surface area contributed by atoms with E-state index in [2.05, 4.69) is 16.8 Å². The number of rotatable bonds is 7. The molecule has 0 saturated carbocycles. The van der Waals surface area contributed by atoms with Gasteiger partial charge in [0, 0.05) is 51.3 Å². The highest BCUT2D eigenvalue weighted by Crippen LogP contribution is 2.23. The molecule has 0 fully saturated rings. The number of carbonyl (C=O) groups excluding carboxylic acids is 2. The molecule has 7 heteroatoms. The lowest BCUT2D eigenvalue weighted by atomic mass is 10.1. The number of nitrogens with one attached hydrogen (secondary N) is 1. The third kappa shape index (κ3) is 5.26. The number of anilines is 1. The maximum absolute atomic E-state index is 12.4. The number of hydrogen-bond donors (Lipinski definition) is 1. The molecule has 3 amide bonds. The van der Waals surface area contributed by atoms with Crippen molar-refractivity contribution in [1.29, 1.82) is 0 Å². The van der Waals surface area contributed by atoms with Gasteiger partial charge in [-0.15, -0.1) is 0 Å². The molecule has 0 saturated heterocycles. The molecule has 146 valence electrons. The minimum atomic E-state index is -0.238. The first kappa shape index (κ1) is 20.8. The molecule has 0 radical (unpaired) electrons. The number of halogens is 1. The standard InChI is InChI=1S/C20H27ClN4O2/c1-5-24-11-10-15(14-24)13-23(4)20(27)22-16-8-9-17(18(21)12-16)19(26)25(6-2)7-3/h8-12,14H,5-7,13H2,1-4H3,(H,22,27). The SMILES string of the molecule is CCN(CC)C(=O)c1ccc(NC(=O)N(C)Cc2ccn(CC)c2)cc1Cl. The summed E-state index contributed by atoms with van der Waals surface area (Å²) in [4.78, 5) is 28.2. The minimum absolute atomic E-state index is 0.111. The Balaban J connectivity index is 2.03. The van der Waals surface area contributed by atoms with Crippen molar-refractivity contribution in [3.05, 3.63) is 52.8 Å². The normalized spacial score (nSPS) is 10.6. The Morgan fingerprint density at radius 2 is 1.85 bits per heavy atom. The van der Waals surface area contributed by atoms with Crippen molar-refractivity contribution in [3.8, 4) is 0 Å². The molecule has 2 rings (SSSR count). The van der Waals surface area contributed by atoms with Crippen LogP contribution in [0, 0.1) is 0 Å². The topological polar surface area (TPSA) is 57.6 Å². The second kappa shape index (κ2) is 9.46. The van der Waals surface area contributed by atoms with Gasteiger partial charge < -0.3 is 19.7 Å². The van der Waals surface area contributed by atoms with Gasteiger partial charge in [-0.3, -0.25) is 4.79 Å². The van der Waals surface area contributed by atoms with E-state index in [1.807, 2.05) is 32.3 Å². The molecule has 6 nitrogen and oxygen atoms in total. The van der Waals surface area contributed by atoms with Crippen molar-refractivity contribution in [2.45, 2.75) is 33.9 Å². The number of benzene rings is 1. The van der Waals surface area contributed by atoms with Crippen LogP contribution in [0.4, 0.5) is 10.5 Å². The van der Waals surface area contributed by atoms with Gasteiger partial charge in [-0.2, -0.15) is 0 Å². The highest BCUT2D eigenvalue weighted by molar-refractivity contribution is 6.34. The van der Waals surface area contributed by atoms with E-state index in [0.29, 0.717) is 35.9 Å². The van der Waals surface area contributed by atoms with Crippen molar-refractivity contribution in [2.24, 2.45) is 0 Å². The first-order valence-electron chi connectivity index (χ1n) is 9.15. The van der Waals surface area contributed by atoms with Crippen LogP contribution in [-0.4, -0.2) is 46.4 Å². The first-order chi connectivity index (χ1) is 12.9. The third-order valence-corrected chi connectivity index (χ3v) is 4.76. The van der Waals surface area contributed by atoms with Gasteiger partial charge in [-0.25, -0.2) is 4.79 Å². The number of aromatic nitrogens is 1. The second-order valence-corrected chi connectivity index (χ2v) is 6.72. The lowest BCUT2D eigenvalue weighted by molar-refractivity contribution is 0.0773.